The highest BCUT2D eigenvalue weighted by Crippen LogP contribution is 2.29. The molecule has 0 saturated carbocycles. The van der Waals surface area contributed by atoms with Gasteiger partial charge in [0.2, 0.25) is 0 Å². The molecule has 1 aliphatic heterocycles. The van der Waals surface area contributed by atoms with E-state index < -0.39 is 0 Å². The summed E-state index contributed by atoms with van der Waals surface area (Å²) in [7, 11) is 1.99. The number of nitrogens with zero attached hydrogens (tertiary/aromatic N) is 2. The van der Waals surface area contributed by atoms with Gasteiger partial charge >= 0.3 is 0 Å². The molecule has 0 aromatic heterocycles. The second-order valence-electron chi connectivity index (χ2n) is 4.32. The number of halogens is 1. The van der Waals surface area contributed by atoms with E-state index in [1.165, 1.54) is 0 Å². The Kier molecular flexibility index (Phi) is 3.56. The van der Waals surface area contributed by atoms with Crippen molar-refractivity contribution in [1.82, 2.24) is 0 Å². The van der Waals surface area contributed by atoms with Crippen molar-refractivity contribution in [3.8, 4) is 6.07 Å². The Labute approximate surface area is 107 Å². The molecule has 3 nitrogen and oxygen atoms in total. The van der Waals surface area contributed by atoms with Crippen LogP contribution in [-0.2, 0) is 4.74 Å². The Morgan fingerprint density at radius 1 is 1.53 bits per heavy atom. The molecule has 2 atom stereocenters. The highest BCUT2D eigenvalue weighted by Gasteiger charge is 2.29. The van der Waals surface area contributed by atoms with Gasteiger partial charge in [0, 0.05) is 18.7 Å². The zero-order valence-electron chi connectivity index (χ0n) is 9.98. The van der Waals surface area contributed by atoms with E-state index in [9.17, 15) is 0 Å². The largest absolute Gasteiger partial charge is 0.376 e. The van der Waals surface area contributed by atoms with Gasteiger partial charge in [-0.1, -0.05) is 11.6 Å². The summed E-state index contributed by atoms with van der Waals surface area (Å²) in [6.45, 7) is 2.84. The third kappa shape index (κ3) is 2.38. The average molecular weight is 251 g/mol. The van der Waals surface area contributed by atoms with Crippen molar-refractivity contribution in [2.75, 3.05) is 18.6 Å². The van der Waals surface area contributed by atoms with E-state index >= 15 is 0 Å². The molecular weight excluding hydrogens is 236 g/mol. The van der Waals surface area contributed by atoms with E-state index in [4.69, 9.17) is 21.6 Å². The molecule has 0 spiro atoms. The number of anilines is 1. The SMILES string of the molecule is CC1OCCC1N(C)c1cc(Cl)ccc1C#N. The van der Waals surface area contributed by atoms with Crippen molar-refractivity contribution in [1.29, 1.82) is 5.26 Å². The maximum absolute atomic E-state index is 9.12. The van der Waals surface area contributed by atoms with E-state index in [1.807, 2.05) is 13.1 Å². The Hall–Kier alpha value is -1.24. The molecule has 1 fully saturated rings. The monoisotopic (exact) mass is 250 g/mol. The summed E-state index contributed by atoms with van der Waals surface area (Å²) >= 11 is 5.99. The minimum Gasteiger partial charge on any atom is -0.376 e. The lowest BCUT2D eigenvalue weighted by Crippen LogP contribution is -2.37. The van der Waals surface area contributed by atoms with E-state index in [0.29, 0.717) is 16.6 Å². The number of benzene rings is 1. The molecule has 2 rings (SSSR count). The molecule has 0 N–H and O–H groups in total. The number of hydrogen-bond acceptors (Lipinski definition) is 3. The quantitative estimate of drug-likeness (QED) is 0.810. The molecule has 1 aromatic carbocycles. The highest BCUT2D eigenvalue weighted by molar-refractivity contribution is 6.30. The second-order valence-corrected chi connectivity index (χ2v) is 4.75. The predicted octanol–water partition coefficient (Wildman–Crippen LogP) is 2.83. The molecular formula is C13H15ClN2O. The molecule has 90 valence electrons. The Balaban J connectivity index is 2.33. The topological polar surface area (TPSA) is 36.3 Å². The fourth-order valence-corrected chi connectivity index (χ4v) is 2.47. The van der Waals surface area contributed by atoms with Gasteiger partial charge in [-0.3, -0.25) is 0 Å². The van der Waals surface area contributed by atoms with Gasteiger partial charge in [0.1, 0.15) is 6.07 Å². The molecule has 0 amide bonds. The Morgan fingerprint density at radius 3 is 2.88 bits per heavy atom. The Morgan fingerprint density at radius 2 is 2.29 bits per heavy atom. The van der Waals surface area contributed by atoms with Crippen LogP contribution >= 0.6 is 11.6 Å². The predicted molar refractivity (Wildman–Crippen MR) is 68.4 cm³/mol. The van der Waals surface area contributed by atoms with Crippen LogP contribution in [0.2, 0.25) is 5.02 Å². The van der Waals surface area contributed by atoms with E-state index in [2.05, 4.69) is 17.9 Å². The van der Waals surface area contributed by atoms with E-state index in [0.717, 1.165) is 18.7 Å². The maximum atomic E-state index is 9.12. The summed E-state index contributed by atoms with van der Waals surface area (Å²) in [5.74, 6) is 0. The van der Waals surface area contributed by atoms with Crippen LogP contribution in [0.1, 0.15) is 18.9 Å². The average Bonchev–Trinajstić information content (AvgIpc) is 2.74. The number of hydrogen-bond donors (Lipinski definition) is 0. The fraction of sp³-hybridized carbons (Fsp3) is 0.462. The lowest BCUT2D eigenvalue weighted by atomic mass is 10.1. The van der Waals surface area contributed by atoms with Crippen LogP contribution in [0.25, 0.3) is 0 Å². The molecule has 1 heterocycles. The minimum atomic E-state index is 0.186. The summed E-state index contributed by atoms with van der Waals surface area (Å²) in [5, 5.41) is 9.77. The van der Waals surface area contributed by atoms with Crippen LogP contribution in [0.4, 0.5) is 5.69 Å². The van der Waals surface area contributed by atoms with Crippen LogP contribution in [0.3, 0.4) is 0 Å². The van der Waals surface area contributed by atoms with E-state index in [1.54, 1.807) is 12.1 Å². The van der Waals surface area contributed by atoms with Crippen molar-refractivity contribution in [2.45, 2.75) is 25.5 Å². The standard InChI is InChI=1S/C13H15ClN2O/c1-9-12(5-6-17-9)16(2)13-7-11(14)4-3-10(13)8-15/h3-4,7,9,12H,5-6H2,1-2H3. The first-order chi connectivity index (χ1) is 8.13. The van der Waals surface area contributed by atoms with Crippen molar-refractivity contribution in [3.05, 3.63) is 28.8 Å². The van der Waals surface area contributed by atoms with Crippen LogP contribution < -0.4 is 4.90 Å². The second kappa shape index (κ2) is 4.95. The van der Waals surface area contributed by atoms with Crippen LogP contribution in [0, 0.1) is 11.3 Å². The van der Waals surface area contributed by atoms with Crippen LogP contribution in [0.15, 0.2) is 18.2 Å². The summed E-state index contributed by atoms with van der Waals surface area (Å²) in [4.78, 5) is 2.10. The first-order valence-electron chi connectivity index (χ1n) is 5.67. The van der Waals surface area contributed by atoms with Gasteiger partial charge in [0.05, 0.1) is 23.4 Å². The molecule has 17 heavy (non-hydrogen) atoms. The normalized spacial score (nSPS) is 23.4. The van der Waals surface area contributed by atoms with Crippen molar-refractivity contribution in [2.24, 2.45) is 0 Å². The number of ether oxygens (including phenoxy) is 1. The summed E-state index contributed by atoms with van der Waals surface area (Å²) in [5.41, 5.74) is 1.53. The van der Waals surface area contributed by atoms with Gasteiger partial charge in [0.15, 0.2) is 0 Å². The molecule has 0 aliphatic carbocycles. The molecule has 4 heteroatoms. The van der Waals surface area contributed by atoms with Gasteiger partial charge < -0.3 is 9.64 Å². The first-order valence-corrected chi connectivity index (χ1v) is 6.05. The molecule has 1 saturated heterocycles. The highest BCUT2D eigenvalue weighted by atomic mass is 35.5. The van der Waals surface area contributed by atoms with Crippen LogP contribution in [-0.4, -0.2) is 25.8 Å². The molecule has 2 unspecified atom stereocenters. The summed E-state index contributed by atoms with van der Waals surface area (Å²) < 4.78 is 5.55. The zero-order chi connectivity index (χ0) is 12.4. The van der Waals surface area contributed by atoms with Crippen LogP contribution in [0.5, 0.6) is 0 Å². The third-order valence-corrected chi connectivity index (χ3v) is 3.53. The fourth-order valence-electron chi connectivity index (χ4n) is 2.30. The van der Waals surface area contributed by atoms with Gasteiger partial charge in [-0.25, -0.2) is 0 Å². The van der Waals surface area contributed by atoms with Gasteiger partial charge in [-0.05, 0) is 31.5 Å². The number of likely N-dealkylation sites (N-methyl/N-ethyl adjacent to an activating group) is 1. The lowest BCUT2D eigenvalue weighted by Gasteiger charge is -2.29. The third-order valence-electron chi connectivity index (χ3n) is 3.29. The Bertz CT molecular complexity index is 455. The first kappa shape index (κ1) is 12.2. The molecule has 0 radical (unpaired) electrons. The number of rotatable bonds is 2. The maximum Gasteiger partial charge on any atom is 0.101 e. The van der Waals surface area contributed by atoms with Crippen molar-refractivity contribution in [3.63, 3.8) is 0 Å². The van der Waals surface area contributed by atoms with Crippen molar-refractivity contribution < 1.29 is 4.74 Å². The summed E-state index contributed by atoms with van der Waals surface area (Å²) in [6, 6.07) is 7.85. The lowest BCUT2D eigenvalue weighted by molar-refractivity contribution is 0.118. The molecule has 0 bridgehead atoms. The minimum absolute atomic E-state index is 0.186. The van der Waals surface area contributed by atoms with Gasteiger partial charge in [-0.2, -0.15) is 5.26 Å². The van der Waals surface area contributed by atoms with Crippen molar-refractivity contribution >= 4 is 17.3 Å². The smallest absolute Gasteiger partial charge is 0.101 e. The van der Waals surface area contributed by atoms with E-state index in [-0.39, 0.29) is 6.10 Å². The summed E-state index contributed by atoms with van der Waals surface area (Å²) in [6.07, 6.45) is 1.17. The molecule has 1 aromatic rings. The number of nitriles is 1. The van der Waals surface area contributed by atoms with Gasteiger partial charge in [-0.15, -0.1) is 0 Å². The molecule has 1 aliphatic rings. The van der Waals surface area contributed by atoms with Gasteiger partial charge in [0.25, 0.3) is 0 Å². The zero-order valence-corrected chi connectivity index (χ0v) is 10.7.